The molecule has 0 heterocycles. The molecule has 0 spiro atoms. The molecule has 0 atom stereocenters. The van der Waals surface area contributed by atoms with E-state index >= 15 is 0 Å². The van der Waals surface area contributed by atoms with Gasteiger partial charge in [0, 0.05) is 22.4 Å². The molecule has 0 radical (unpaired) electrons. The molecule has 0 N–H and O–H groups in total. The molecule has 6 aromatic rings. The number of aryl methyl sites for hydroxylation is 1. The molecule has 0 unspecified atom stereocenters. The van der Waals surface area contributed by atoms with Gasteiger partial charge < -0.3 is 4.90 Å². The molecule has 0 aromatic heterocycles. The van der Waals surface area contributed by atoms with Crippen molar-refractivity contribution in [3.63, 3.8) is 0 Å². The van der Waals surface area contributed by atoms with Gasteiger partial charge in [-0.05, 0) is 76.2 Å². The molecular formula is C40H33N. The van der Waals surface area contributed by atoms with Crippen molar-refractivity contribution >= 4 is 17.1 Å². The van der Waals surface area contributed by atoms with Crippen molar-refractivity contribution in [3.8, 4) is 33.4 Å². The summed E-state index contributed by atoms with van der Waals surface area (Å²) in [5.74, 6) is 0. The average molecular weight is 528 g/mol. The largest absolute Gasteiger partial charge is 0.310 e. The van der Waals surface area contributed by atoms with Gasteiger partial charge >= 0.3 is 0 Å². The number of benzene rings is 6. The molecule has 1 heteroatoms. The fourth-order valence-electron chi connectivity index (χ4n) is 6.44. The summed E-state index contributed by atoms with van der Waals surface area (Å²) in [5.41, 5.74) is 14.9. The quantitative estimate of drug-likeness (QED) is 0.215. The number of hydrogen-bond acceptors (Lipinski definition) is 1. The minimum Gasteiger partial charge on any atom is -0.310 e. The molecule has 41 heavy (non-hydrogen) atoms. The monoisotopic (exact) mass is 527 g/mol. The smallest absolute Gasteiger partial charge is 0.0540 e. The number of hydrogen-bond donors (Lipinski definition) is 0. The Balaban J connectivity index is 1.45. The Labute approximate surface area is 243 Å². The fraction of sp³-hybridized carbons (Fsp3) is 0.100. The molecule has 0 bridgehead atoms. The summed E-state index contributed by atoms with van der Waals surface area (Å²) < 4.78 is 0. The van der Waals surface area contributed by atoms with Crippen molar-refractivity contribution in [2.24, 2.45) is 0 Å². The van der Waals surface area contributed by atoms with Crippen molar-refractivity contribution in [3.05, 3.63) is 162 Å². The van der Waals surface area contributed by atoms with Crippen molar-refractivity contribution in [1.29, 1.82) is 0 Å². The molecular weight excluding hydrogens is 494 g/mol. The third kappa shape index (κ3) is 4.35. The van der Waals surface area contributed by atoms with E-state index in [9.17, 15) is 0 Å². The van der Waals surface area contributed by atoms with Gasteiger partial charge in [0.25, 0.3) is 0 Å². The van der Waals surface area contributed by atoms with Crippen LogP contribution in [0.15, 0.2) is 146 Å². The Bertz CT molecular complexity index is 1880. The van der Waals surface area contributed by atoms with Crippen LogP contribution in [0.3, 0.4) is 0 Å². The van der Waals surface area contributed by atoms with Gasteiger partial charge in [-0.25, -0.2) is 0 Å². The first-order valence-corrected chi connectivity index (χ1v) is 14.4. The third-order valence-electron chi connectivity index (χ3n) is 8.51. The molecule has 0 amide bonds. The van der Waals surface area contributed by atoms with Crippen LogP contribution in [0.5, 0.6) is 0 Å². The summed E-state index contributed by atoms with van der Waals surface area (Å²) in [6, 6.07) is 53.0. The highest BCUT2D eigenvalue weighted by Gasteiger charge is 2.35. The SMILES string of the molecule is Cc1cccc(-c2cccc(N(c3ccc4c(c3)C(C)(C)c3ccccc3-4)c3ccccc3-c3ccccc3)c2)c1. The Morgan fingerprint density at radius 2 is 1.05 bits per heavy atom. The second kappa shape index (κ2) is 9.94. The van der Waals surface area contributed by atoms with Crippen LogP contribution in [0.4, 0.5) is 17.1 Å². The lowest BCUT2D eigenvalue weighted by Crippen LogP contribution is -2.17. The number of anilines is 3. The predicted octanol–water partition coefficient (Wildman–Crippen LogP) is 11.1. The summed E-state index contributed by atoms with van der Waals surface area (Å²) in [5, 5.41) is 0. The third-order valence-corrected chi connectivity index (χ3v) is 8.51. The van der Waals surface area contributed by atoms with Crippen molar-refractivity contribution in [2.75, 3.05) is 4.90 Å². The Hall–Kier alpha value is -4.88. The van der Waals surface area contributed by atoms with E-state index in [0.717, 1.165) is 17.1 Å². The lowest BCUT2D eigenvalue weighted by Gasteiger charge is -2.30. The molecule has 7 rings (SSSR count). The molecule has 0 aliphatic heterocycles. The second-order valence-corrected chi connectivity index (χ2v) is 11.5. The fourth-order valence-corrected chi connectivity index (χ4v) is 6.44. The molecule has 0 saturated carbocycles. The molecule has 1 aliphatic carbocycles. The number of nitrogens with zero attached hydrogens (tertiary/aromatic N) is 1. The maximum Gasteiger partial charge on any atom is 0.0540 e. The zero-order chi connectivity index (χ0) is 28.0. The topological polar surface area (TPSA) is 3.24 Å². The van der Waals surface area contributed by atoms with E-state index in [1.165, 1.54) is 50.1 Å². The van der Waals surface area contributed by atoms with Gasteiger partial charge in [-0.3, -0.25) is 0 Å². The number of fused-ring (bicyclic) bond motifs is 3. The minimum atomic E-state index is -0.0734. The van der Waals surface area contributed by atoms with Gasteiger partial charge in [-0.1, -0.05) is 135 Å². The van der Waals surface area contributed by atoms with Gasteiger partial charge in [0.1, 0.15) is 0 Å². The zero-order valence-electron chi connectivity index (χ0n) is 23.8. The molecule has 1 aliphatic rings. The van der Waals surface area contributed by atoms with Crippen LogP contribution in [-0.2, 0) is 5.41 Å². The summed E-state index contributed by atoms with van der Waals surface area (Å²) in [6.45, 7) is 6.85. The molecule has 198 valence electrons. The van der Waals surface area contributed by atoms with Crippen molar-refractivity contribution < 1.29 is 0 Å². The van der Waals surface area contributed by atoms with Crippen LogP contribution in [0.25, 0.3) is 33.4 Å². The van der Waals surface area contributed by atoms with Crippen molar-refractivity contribution in [2.45, 2.75) is 26.2 Å². The van der Waals surface area contributed by atoms with Crippen molar-refractivity contribution in [1.82, 2.24) is 0 Å². The maximum atomic E-state index is 2.43. The van der Waals surface area contributed by atoms with E-state index in [4.69, 9.17) is 0 Å². The lowest BCUT2D eigenvalue weighted by atomic mass is 9.82. The standard InChI is InChI=1S/C40H33N/c1-28-13-11-16-30(25-28)31-17-12-18-32(26-31)41(39-22-10-8-19-34(39)29-14-5-4-6-15-29)33-23-24-36-35-20-7-9-21-37(35)40(2,3)38(36)27-33/h4-27H,1-3H3. The van der Waals surface area contributed by atoms with Crippen LogP contribution in [0.2, 0.25) is 0 Å². The molecule has 0 saturated heterocycles. The molecule has 1 nitrogen and oxygen atoms in total. The Morgan fingerprint density at radius 1 is 0.439 bits per heavy atom. The van der Waals surface area contributed by atoms with E-state index in [0.29, 0.717) is 0 Å². The van der Waals surface area contributed by atoms with Gasteiger partial charge in [-0.15, -0.1) is 0 Å². The van der Waals surface area contributed by atoms with Gasteiger partial charge in [0.2, 0.25) is 0 Å². The van der Waals surface area contributed by atoms with E-state index in [2.05, 4.69) is 171 Å². The Kier molecular flexibility index (Phi) is 6.09. The molecule has 6 aromatic carbocycles. The van der Waals surface area contributed by atoms with Crippen LogP contribution in [0, 0.1) is 6.92 Å². The van der Waals surface area contributed by atoms with E-state index in [1.54, 1.807) is 0 Å². The van der Waals surface area contributed by atoms with Crippen LogP contribution >= 0.6 is 0 Å². The second-order valence-electron chi connectivity index (χ2n) is 11.5. The molecule has 0 fully saturated rings. The van der Waals surface area contributed by atoms with Crippen LogP contribution < -0.4 is 4.90 Å². The summed E-state index contributed by atoms with van der Waals surface area (Å²) in [6.07, 6.45) is 0. The number of para-hydroxylation sites is 1. The lowest BCUT2D eigenvalue weighted by molar-refractivity contribution is 0.660. The summed E-state index contributed by atoms with van der Waals surface area (Å²) >= 11 is 0. The van der Waals surface area contributed by atoms with Gasteiger partial charge in [-0.2, -0.15) is 0 Å². The highest BCUT2D eigenvalue weighted by atomic mass is 15.1. The maximum absolute atomic E-state index is 2.43. The average Bonchev–Trinajstić information content (AvgIpc) is 3.24. The van der Waals surface area contributed by atoms with E-state index < -0.39 is 0 Å². The normalized spacial score (nSPS) is 13.0. The van der Waals surface area contributed by atoms with Crippen LogP contribution in [-0.4, -0.2) is 0 Å². The highest BCUT2D eigenvalue weighted by Crippen LogP contribution is 2.51. The first-order chi connectivity index (χ1) is 20.0. The zero-order valence-corrected chi connectivity index (χ0v) is 23.8. The predicted molar refractivity (Wildman–Crippen MR) is 174 cm³/mol. The van der Waals surface area contributed by atoms with E-state index in [1.807, 2.05) is 0 Å². The van der Waals surface area contributed by atoms with E-state index in [-0.39, 0.29) is 5.41 Å². The summed E-state index contributed by atoms with van der Waals surface area (Å²) in [4.78, 5) is 2.43. The first kappa shape index (κ1) is 25.1. The minimum absolute atomic E-state index is 0.0734. The summed E-state index contributed by atoms with van der Waals surface area (Å²) in [7, 11) is 0. The van der Waals surface area contributed by atoms with Crippen LogP contribution in [0.1, 0.15) is 30.5 Å². The highest BCUT2D eigenvalue weighted by molar-refractivity contribution is 5.91. The van der Waals surface area contributed by atoms with Gasteiger partial charge in [0.05, 0.1) is 5.69 Å². The Morgan fingerprint density at radius 3 is 1.85 bits per heavy atom. The first-order valence-electron chi connectivity index (χ1n) is 14.4. The number of rotatable bonds is 5. The van der Waals surface area contributed by atoms with Gasteiger partial charge in [0.15, 0.2) is 0 Å².